The lowest BCUT2D eigenvalue weighted by Crippen LogP contribution is -2.46. The molecule has 1 unspecified atom stereocenters. The maximum Gasteiger partial charge on any atom is 0.253 e. The van der Waals surface area contributed by atoms with Crippen molar-refractivity contribution in [3.05, 3.63) is 51.6 Å². The molecule has 1 N–H and O–H groups in total. The molecule has 0 saturated carbocycles. The van der Waals surface area contributed by atoms with Crippen LogP contribution in [0.5, 0.6) is 0 Å². The average molecular weight is 461 g/mol. The number of hydrogen-bond donors (Lipinski definition) is 1. The van der Waals surface area contributed by atoms with Crippen LogP contribution in [0.3, 0.4) is 0 Å². The van der Waals surface area contributed by atoms with Crippen LogP contribution in [0.25, 0.3) is 0 Å². The molecule has 0 bridgehead atoms. The fraction of sp³-hybridized carbons (Fsp3) is 0.353. The third-order valence-corrected chi connectivity index (χ3v) is 8.22. The van der Waals surface area contributed by atoms with E-state index in [4.69, 9.17) is 0 Å². The molecule has 5 nitrogen and oxygen atoms in total. The van der Waals surface area contributed by atoms with E-state index >= 15 is 0 Å². The Kier molecular flexibility index (Phi) is 6.11. The molecule has 1 saturated heterocycles. The summed E-state index contributed by atoms with van der Waals surface area (Å²) >= 11 is 4.40. The number of nitrogens with one attached hydrogen (secondary N) is 1. The largest absolute Gasteiger partial charge is 0.354 e. The van der Waals surface area contributed by atoms with Crippen LogP contribution >= 0.6 is 27.3 Å². The van der Waals surface area contributed by atoms with Crippen molar-refractivity contribution in [1.29, 1.82) is 0 Å². The van der Waals surface area contributed by atoms with Crippen LogP contribution < -0.4 is 5.32 Å². The van der Waals surface area contributed by atoms with Gasteiger partial charge in [-0.15, -0.1) is 11.3 Å². The third kappa shape index (κ3) is 4.33. The molecular formula is C17H18BrFN2O3S2. The van der Waals surface area contributed by atoms with Crippen molar-refractivity contribution in [2.24, 2.45) is 0 Å². The highest BCUT2D eigenvalue weighted by Crippen LogP contribution is 2.32. The quantitative estimate of drug-likeness (QED) is 0.719. The Morgan fingerprint density at radius 3 is 2.85 bits per heavy atom. The van der Waals surface area contributed by atoms with E-state index < -0.39 is 16.1 Å². The Balaban J connectivity index is 1.63. The number of sulfonamides is 1. The van der Waals surface area contributed by atoms with E-state index in [1.165, 1.54) is 16.4 Å². The summed E-state index contributed by atoms with van der Waals surface area (Å²) in [7, 11) is -3.68. The molecule has 1 aromatic carbocycles. The van der Waals surface area contributed by atoms with Crippen LogP contribution in [0.4, 0.5) is 4.39 Å². The zero-order valence-electron chi connectivity index (χ0n) is 13.8. The molecule has 1 aromatic heterocycles. The van der Waals surface area contributed by atoms with Gasteiger partial charge in [-0.1, -0.05) is 12.1 Å². The predicted octanol–water partition coefficient (Wildman–Crippen LogP) is 3.16. The van der Waals surface area contributed by atoms with Crippen LogP contribution in [0, 0.1) is 5.82 Å². The highest BCUT2D eigenvalue weighted by molar-refractivity contribution is 9.11. The zero-order valence-corrected chi connectivity index (χ0v) is 17.0. The first-order chi connectivity index (χ1) is 12.4. The highest BCUT2D eigenvalue weighted by atomic mass is 79.9. The van der Waals surface area contributed by atoms with E-state index in [1.54, 1.807) is 24.3 Å². The standard InChI is InChI=1S/C17H18BrFN2O3S2/c18-15-6-7-16(25-15)26(23,24)21-10-2-5-14(21)17(22)20-9-8-12-3-1-4-13(19)11-12/h1,3-4,6-7,11,14H,2,5,8-10H2,(H,20,22). The second kappa shape index (κ2) is 8.16. The molecule has 0 spiro atoms. The van der Waals surface area contributed by atoms with Crippen molar-refractivity contribution >= 4 is 43.2 Å². The van der Waals surface area contributed by atoms with Crippen molar-refractivity contribution < 1.29 is 17.6 Å². The van der Waals surface area contributed by atoms with E-state index in [9.17, 15) is 17.6 Å². The molecule has 0 radical (unpaired) electrons. The van der Waals surface area contributed by atoms with E-state index in [1.807, 2.05) is 0 Å². The fourth-order valence-corrected chi connectivity index (χ4v) is 6.78. The molecule has 1 fully saturated rings. The number of carbonyl (C=O) groups excluding carboxylic acids is 1. The monoisotopic (exact) mass is 460 g/mol. The summed E-state index contributed by atoms with van der Waals surface area (Å²) in [6.07, 6.45) is 1.63. The lowest BCUT2D eigenvalue weighted by Gasteiger charge is -2.22. The Labute approximate surface area is 164 Å². The van der Waals surface area contributed by atoms with Crippen LogP contribution in [-0.4, -0.2) is 37.8 Å². The lowest BCUT2D eigenvalue weighted by atomic mass is 10.1. The van der Waals surface area contributed by atoms with Gasteiger partial charge >= 0.3 is 0 Å². The summed E-state index contributed by atoms with van der Waals surface area (Å²) in [5.74, 6) is -0.623. The van der Waals surface area contributed by atoms with Crippen LogP contribution in [0.1, 0.15) is 18.4 Å². The van der Waals surface area contributed by atoms with Crippen LogP contribution in [0.15, 0.2) is 44.4 Å². The summed E-state index contributed by atoms with van der Waals surface area (Å²) in [5, 5.41) is 2.78. The first-order valence-electron chi connectivity index (χ1n) is 8.17. The maximum absolute atomic E-state index is 13.2. The van der Waals surface area contributed by atoms with Gasteiger partial charge in [-0.05, 0) is 65.0 Å². The smallest absolute Gasteiger partial charge is 0.253 e. The number of halogens is 2. The molecule has 0 aliphatic carbocycles. The molecule has 1 atom stereocenters. The fourth-order valence-electron chi connectivity index (χ4n) is 2.98. The third-order valence-electron chi connectivity index (χ3n) is 4.22. The normalized spacial score (nSPS) is 18.2. The van der Waals surface area contributed by atoms with Gasteiger partial charge in [0.2, 0.25) is 5.91 Å². The summed E-state index contributed by atoms with van der Waals surface area (Å²) in [6.45, 7) is 0.664. The van der Waals surface area contributed by atoms with E-state index in [0.717, 1.165) is 20.7 Å². The van der Waals surface area contributed by atoms with Gasteiger partial charge in [0.25, 0.3) is 10.0 Å². The zero-order chi connectivity index (χ0) is 18.7. The highest BCUT2D eigenvalue weighted by Gasteiger charge is 2.39. The summed E-state index contributed by atoms with van der Waals surface area (Å²) < 4.78 is 41.0. The number of rotatable bonds is 6. The van der Waals surface area contributed by atoms with Gasteiger partial charge in [-0.25, -0.2) is 12.8 Å². The van der Waals surface area contributed by atoms with Crippen molar-refractivity contribution in [3.63, 3.8) is 0 Å². The molecule has 1 aliphatic heterocycles. The van der Waals surface area contributed by atoms with Gasteiger partial charge in [0, 0.05) is 13.1 Å². The number of amides is 1. The molecule has 2 aromatic rings. The molecule has 140 valence electrons. The van der Waals surface area contributed by atoms with Gasteiger partial charge in [0.15, 0.2) is 0 Å². The minimum atomic E-state index is -3.68. The number of hydrogen-bond acceptors (Lipinski definition) is 4. The van der Waals surface area contributed by atoms with Crippen molar-refractivity contribution in [2.45, 2.75) is 29.5 Å². The maximum atomic E-state index is 13.2. The summed E-state index contributed by atoms with van der Waals surface area (Å²) in [5.41, 5.74) is 0.782. The predicted molar refractivity (Wildman–Crippen MR) is 102 cm³/mol. The molecular weight excluding hydrogens is 443 g/mol. The van der Waals surface area contributed by atoms with Crippen LogP contribution in [-0.2, 0) is 21.2 Å². The lowest BCUT2D eigenvalue weighted by molar-refractivity contribution is -0.124. The molecule has 1 aliphatic rings. The van der Waals surface area contributed by atoms with E-state index in [0.29, 0.717) is 32.4 Å². The number of thiophene rings is 1. The minimum absolute atomic E-state index is 0.226. The Hall–Kier alpha value is -1.29. The van der Waals surface area contributed by atoms with E-state index in [2.05, 4.69) is 21.2 Å². The van der Waals surface area contributed by atoms with Gasteiger partial charge in [0.1, 0.15) is 16.1 Å². The van der Waals surface area contributed by atoms with Gasteiger partial charge in [-0.3, -0.25) is 4.79 Å². The number of carbonyl (C=O) groups is 1. The summed E-state index contributed by atoms with van der Waals surface area (Å²) in [6, 6.07) is 8.73. The van der Waals surface area contributed by atoms with Gasteiger partial charge < -0.3 is 5.32 Å². The van der Waals surface area contributed by atoms with Crippen molar-refractivity contribution in [3.8, 4) is 0 Å². The van der Waals surface area contributed by atoms with Gasteiger partial charge in [-0.2, -0.15) is 4.31 Å². The van der Waals surface area contributed by atoms with E-state index in [-0.39, 0.29) is 15.9 Å². The Morgan fingerprint density at radius 2 is 2.15 bits per heavy atom. The second-order valence-electron chi connectivity index (χ2n) is 6.00. The second-order valence-corrected chi connectivity index (χ2v) is 10.6. The van der Waals surface area contributed by atoms with Gasteiger partial charge in [0.05, 0.1) is 3.79 Å². The first kappa shape index (κ1) is 19.5. The molecule has 1 amide bonds. The molecule has 26 heavy (non-hydrogen) atoms. The Morgan fingerprint density at radius 1 is 1.35 bits per heavy atom. The molecule has 9 heteroatoms. The Bertz CT molecular complexity index is 901. The molecule has 2 heterocycles. The van der Waals surface area contributed by atoms with Crippen LogP contribution in [0.2, 0.25) is 0 Å². The SMILES string of the molecule is O=C(NCCc1cccc(F)c1)C1CCCN1S(=O)(=O)c1ccc(Br)s1. The van der Waals surface area contributed by atoms with Crippen molar-refractivity contribution in [1.82, 2.24) is 9.62 Å². The first-order valence-corrected chi connectivity index (χ1v) is 11.2. The number of nitrogens with zero attached hydrogens (tertiary/aromatic N) is 1. The molecule has 3 rings (SSSR count). The average Bonchev–Trinajstić information content (AvgIpc) is 3.24. The minimum Gasteiger partial charge on any atom is -0.354 e. The van der Waals surface area contributed by atoms with Crippen molar-refractivity contribution in [2.75, 3.05) is 13.1 Å². The number of benzene rings is 1. The topological polar surface area (TPSA) is 66.5 Å². The summed E-state index contributed by atoms with van der Waals surface area (Å²) in [4.78, 5) is 12.5.